The van der Waals surface area contributed by atoms with Gasteiger partial charge in [0, 0.05) is 38.9 Å². The monoisotopic (exact) mass is 698 g/mol. The van der Waals surface area contributed by atoms with Gasteiger partial charge in [-0.3, -0.25) is 14.4 Å². The van der Waals surface area contributed by atoms with Gasteiger partial charge in [0.15, 0.2) is 11.6 Å². The van der Waals surface area contributed by atoms with E-state index in [1.807, 2.05) is 0 Å². The molecule has 9 nitrogen and oxygen atoms in total. The predicted molar refractivity (Wildman–Crippen MR) is 198 cm³/mol. The van der Waals surface area contributed by atoms with Gasteiger partial charge in [0.1, 0.15) is 25.3 Å². The second kappa shape index (κ2) is 39.3. The standard InChI is InChI=1S/C40H75NO8/c1-2-3-4-5-6-7-8-9-10-11-12-13-14-17-24-38(43)25-19-21-28-46-30-32-48-33-31-47-29-22-20-27-40(45)36-49-35-39(44)26-18-15-16-23-37(41)34-42/h34,37H,2-33,35-36,41H2,1H3/t37-/m0/s1. The molecule has 288 valence electrons. The van der Waals surface area contributed by atoms with E-state index in [1.165, 1.54) is 83.5 Å². The zero-order valence-electron chi connectivity index (χ0n) is 31.5. The molecule has 2 N–H and O–H groups in total. The minimum Gasteiger partial charge on any atom is -0.379 e. The largest absolute Gasteiger partial charge is 0.379 e. The average molecular weight is 698 g/mol. The smallest absolute Gasteiger partial charge is 0.158 e. The number of aldehydes is 1. The van der Waals surface area contributed by atoms with Crippen molar-refractivity contribution in [3.05, 3.63) is 0 Å². The second-order valence-corrected chi connectivity index (χ2v) is 13.6. The molecule has 0 aromatic heterocycles. The molecule has 0 rings (SSSR count). The number of rotatable bonds is 42. The Morgan fingerprint density at radius 1 is 0.449 bits per heavy atom. The Morgan fingerprint density at radius 3 is 1.22 bits per heavy atom. The van der Waals surface area contributed by atoms with Crippen LogP contribution in [0.4, 0.5) is 0 Å². The first-order valence-electron chi connectivity index (χ1n) is 20.1. The van der Waals surface area contributed by atoms with Gasteiger partial charge >= 0.3 is 0 Å². The van der Waals surface area contributed by atoms with Crippen LogP contribution in [0.1, 0.15) is 174 Å². The van der Waals surface area contributed by atoms with Crippen LogP contribution < -0.4 is 5.73 Å². The Balaban J connectivity index is 3.29. The molecule has 0 radical (unpaired) electrons. The van der Waals surface area contributed by atoms with E-state index < -0.39 is 6.04 Å². The third-order valence-electron chi connectivity index (χ3n) is 8.74. The summed E-state index contributed by atoms with van der Waals surface area (Å²) in [6.45, 7) is 5.51. The van der Waals surface area contributed by atoms with Crippen LogP contribution in [-0.2, 0) is 38.1 Å². The quantitative estimate of drug-likeness (QED) is 0.0493. The number of hydrogen-bond acceptors (Lipinski definition) is 9. The Bertz CT molecular complexity index is 763. The van der Waals surface area contributed by atoms with Crippen LogP contribution >= 0.6 is 0 Å². The first-order valence-corrected chi connectivity index (χ1v) is 20.1. The summed E-state index contributed by atoms with van der Waals surface area (Å²) in [5.74, 6) is 0.374. The van der Waals surface area contributed by atoms with Crippen molar-refractivity contribution in [2.24, 2.45) is 5.73 Å². The van der Waals surface area contributed by atoms with Crippen molar-refractivity contribution in [3.63, 3.8) is 0 Å². The molecule has 0 spiro atoms. The Morgan fingerprint density at radius 2 is 0.796 bits per heavy atom. The van der Waals surface area contributed by atoms with Crippen molar-refractivity contribution in [3.8, 4) is 0 Å². The SMILES string of the molecule is CCCCCCCCCCCCCCCCC(=O)CCCCOCCOCCOCCCCC(=O)COCC(=O)CCCCC[C@H](N)C=O. The third kappa shape index (κ3) is 39.1. The molecule has 9 heteroatoms. The number of Topliss-reactive ketones (excluding diaryl/α,β-unsaturated/α-hetero) is 3. The Kier molecular flexibility index (Phi) is 38.1. The summed E-state index contributed by atoms with van der Waals surface area (Å²) in [7, 11) is 0. The molecule has 0 aromatic carbocycles. The second-order valence-electron chi connectivity index (χ2n) is 13.6. The fourth-order valence-corrected chi connectivity index (χ4v) is 5.61. The van der Waals surface area contributed by atoms with Crippen LogP contribution in [0.3, 0.4) is 0 Å². The van der Waals surface area contributed by atoms with Crippen LogP contribution in [-0.4, -0.2) is 82.5 Å². The minimum atomic E-state index is -0.416. The van der Waals surface area contributed by atoms with Crippen LogP contribution in [0.5, 0.6) is 0 Å². The highest BCUT2D eigenvalue weighted by atomic mass is 16.5. The van der Waals surface area contributed by atoms with Gasteiger partial charge in [-0.05, 0) is 44.9 Å². The van der Waals surface area contributed by atoms with Gasteiger partial charge in [-0.1, -0.05) is 103 Å². The van der Waals surface area contributed by atoms with E-state index in [-0.39, 0.29) is 24.8 Å². The maximum Gasteiger partial charge on any atom is 0.158 e. The zero-order valence-corrected chi connectivity index (χ0v) is 31.5. The van der Waals surface area contributed by atoms with E-state index >= 15 is 0 Å². The molecule has 0 aliphatic heterocycles. The minimum absolute atomic E-state index is 0.00852. The lowest BCUT2D eigenvalue weighted by Crippen LogP contribution is -2.20. The molecule has 0 heterocycles. The fraction of sp³-hybridized carbons (Fsp3) is 0.900. The molecule has 1 atom stereocenters. The summed E-state index contributed by atoms with van der Waals surface area (Å²) in [5.41, 5.74) is 5.53. The third-order valence-corrected chi connectivity index (χ3v) is 8.74. The summed E-state index contributed by atoms with van der Waals surface area (Å²) in [5, 5.41) is 0. The lowest BCUT2D eigenvalue weighted by atomic mass is 10.0. The summed E-state index contributed by atoms with van der Waals surface area (Å²) < 4.78 is 22.0. The number of carbonyl (C=O) groups excluding carboxylic acids is 4. The van der Waals surface area contributed by atoms with Crippen LogP contribution in [0.15, 0.2) is 0 Å². The fourth-order valence-electron chi connectivity index (χ4n) is 5.61. The molecule has 0 fully saturated rings. The van der Waals surface area contributed by atoms with Crippen LogP contribution in [0.25, 0.3) is 0 Å². The van der Waals surface area contributed by atoms with Gasteiger partial charge in [0.2, 0.25) is 0 Å². The van der Waals surface area contributed by atoms with E-state index in [0.717, 1.165) is 64.1 Å². The molecular weight excluding hydrogens is 622 g/mol. The molecule has 0 aromatic rings. The van der Waals surface area contributed by atoms with Gasteiger partial charge in [-0.2, -0.15) is 0 Å². The highest BCUT2D eigenvalue weighted by Crippen LogP contribution is 2.14. The summed E-state index contributed by atoms with van der Waals surface area (Å²) >= 11 is 0. The normalized spacial score (nSPS) is 12.0. The highest BCUT2D eigenvalue weighted by molar-refractivity contribution is 5.81. The molecule has 0 saturated carbocycles. The molecule has 0 bridgehead atoms. The van der Waals surface area contributed by atoms with Gasteiger partial charge in [0.25, 0.3) is 0 Å². The summed E-state index contributed by atoms with van der Waals surface area (Å²) in [4.78, 5) is 46.3. The number of ether oxygens (including phenoxy) is 4. The topological polar surface area (TPSA) is 131 Å². The zero-order chi connectivity index (χ0) is 35.9. The molecule has 0 amide bonds. The van der Waals surface area contributed by atoms with E-state index in [4.69, 9.17) is 24.7 Å². The maximum absolute atomic E-state index is 12.1. The lowest BCUT2D eigenvalue weighted by molar-refractivity contribution is -0.129. The van der Waals surface area contributed by atoms with Crippen molar-refractivity contribution in [1.82, 2.24) is 0 Å². The predicted octanol–water partition coefficient (Wildman–Crippen LogP) is 8.45. The average Bonchev–Trinajstić information content (AvgIpc) is 3.09. The number of unbranched alkanes of at least 4 members (excludes halogenated alkanes) is 17. The van der Waals surface area contributed by atoms with Crippen molar-refractivity contribution >= 4 is 23.6 Å². The van der Waals surface area contributed by atoms with Crippen molar-refractivity contribution in [1.29, 1.82) is 0 Å². The van der Waals surface area contributed by atoms with E-state index in [2.05, 4.69) is 6.92 Å². The molecule has 0 saturated heterocycles. The summed E-state index contributed by atoms with van der Waals surface area (Å²) in [6, 6.07) is -0.416. The Hall–Kier alpha value is -1.52. The molecule has 0 aliphatic rings. The van der Waals surface area contributed by atoms with E-state index in [1.54, 1.807) is 0 Å². The number of carbonyl (C=O) groups is 4. The molecule has 0 unspecified atom stereocenters. The van der Waals surface area contributed by atoms with Gasteiger partial charge in [-0.25, -0.2) is 0 Å². The van der Waals surface area contributed by atoms with Crippen LogP contribution in [0.2, 0.25) is 0 Å². The Labute approximate surface area is 299 Å². The van der Waals surface area contributed by atoms with Gasteiger partial charge < -0.3 is 29.5 Å². The summed E-state index contributed by atoms with van der Waals surface area (Å²) in [6.07, 6.45) is 28.0. The van der Waals surface area contributed by atoms with Gasteiger partial charge in [-0.15, -0.1) is 0 Å². The lowest BCUT2D eigenvalue weighted by Gasteiger charge is -2.07. The van der Waals surface area contributed by atoms with Crippen molar-refractivity contribution in [2.45, 2.75) is 180 Å². The van der Waals surface area contributed by atoms with Crippen LogP contribution in [0, 0.1) is 0 Å². The first-order chi connectivity index (χ1) is 24.0. The number of nitrogens with two attached hydrogens (primary N) is 1. The molecular formula is C40H75NO8. The molecule has 49 heavy (non-hydrogen) atoms. The van der Waals surface area contributed by atoms with E-state index in [9.17, 15) is 19.2 Å². The van der Waals surface area contributed by atoms with Gasteiger partial charge in [0.05, 0.1) is 32.5 Å². The number of hydrogen-bond donors (Lipinski definition) is 1. The highest BCUT2D eigenvalue weighted by Gasteiger charge is 2.07. The van der Waals surface area contributed by atoms with Crippen molar-refractivity contribution < 1.29 is 38.1 Å². The molecule has 0 aliphatic carbocycles. The maximum atomic E-state index is 12.1. The first kappa shape index (κ1) is 47.5. The number of ketones is 3. The van der Waals surface area contributed by atoms with Crippen molar-refractivity contribution in [2.75, 3.05) is 52.9 Å². The van der Waals surface area contributed by atoms with E-state index in [0.29, 0.717) is 71.1 Å².